The van der Waals surface area contributed by atoms with Crippen molar-refractivity contribution in [3.05, 3.63) is 106 Å². The molecule has 1 N–H and O–H groups in total. The molecule has 3 nitrogen and oxygen atoms in total. The molecule has 1 aliphatic carbocycles. The molecular formula is C30H31BrN2O. The van der Waals surface area contributed by atoms with Gasteiger partial charge in [0.05, 0.1) is 12.0 Å². The zero-order valence-electron chi connectivity index (χ0n) is 19.4. The van der Waals surface area contributed by atoms with Crippen LogP contribution in [0.1, 0.15) is 53.5 Å². The number of carbonyl (C=O) groups is 1. The predicted octanol–water partition coefficient (Wildman–Crippen LogP) is 6.00. The van der Waals surface area contributed by atoms with Crippen molar-refractivity contribution in [3.63, 3.8) is 0 Å². The number of amides is 1. The quantitative estimate of drug-likeness (QED) is 0.464. The van der Waals surface area contributed by atoms with Crippen LogP contribution in [0, 0.1) is 5.92 Å². The molecule has 3 aromatic carbocycles. The summed E-state index contributed by atoms with van der Waals surface area (Å²) in [7, 11) is 0. The summed E-state index contributed by atoms with van der Waals surface area (Å²) in [6.07, 6.45) is 4.12. The van der Waals surface area contributed by atoms with Crippen LogP contribution in [-0.4, -0.2) is 30.4 Å². The zero-order chi connectivity index (χ0) is 23.1. The number of nitrogens with zero attached hydrogens (tertiary/aromatic N) is 1. The topological polar surface area (TPSA) is 32.3 Å². The molecule has 0 saturated carbocycles. The van der Waals surface area contributed by atoms with Gasteiger partial charge < -0.3 is 10.2 Å². The number of nitrogens with one attached hydrogen (secondary N) is 1. The van der Waals surface area contributed by atoms with Gasteiger partial charge in [0.25, 0.3) is 0 Å². The van der Waals surface area contributed by atoms with Gasteiger partial charge in [-0.15, -0.1) is 0 Å². The van der Waals surface area contributed by atoms with E-state index in [1.807, 2.05) is 0 Å². The second kappa shape index (κ2) is 8.98. The molecule has 6 rings (SSSR count). The number of hydrogen-bond donors (Lipinski definition) is 1. The van der Waals surface area contributed by atoms with Gasteiger partial charge in [0.15, 0.2) is 0 Å². The fraction of sp³-hybridized carbons (Fsp3) is 0.367. The van der Waals surface area contributed by atoms with Crippen LogP contribution in [0.3, 0.4) is 0 Å². The summed E-state index contributed by atoms with van der Waals surface area (Å²) in [5, 5.41) is 3.61. The Labute approximate surface area is 210 Å². The van der Waals surface area contributed by atoms with Gasteiger partial charge in [-0.1, -0.05) is 82.7 Å². The lowest BCUT2D eigenvalue weighted by molar-refractivity contribution is -0.141. The largest absolute Gasteiger partial charge is 0.335 e. The summed E-state index contributed by atoms with van der Waals surface area (Å²) >= 11 is 3.68. The molecule has 2 aliphatic heterocycles. The van der Waals surface area contributed by atoms with Gasteiger partial charge in [-0.3, -0.25) is 4.79 Å². The van der Waals surface area contributed by atoms with Gasteiger partial charge >= 0.3 is 0 Å². The molecule has 3 aromatic rings. The van der Waals surface area contributed by atoms with E-state index < -0.39 is 0 Å². The number of halogens is 1. The number of likely N-dealkylation sites (tertiary alicyclic amines) is 1. The van der Waals surface area contributed by atoms with E-state index >= 15 is 0 Å². The lowest BCUT2D eigenvalue weighted by Gasteiger charge is -2.43. The van der Waals surface area contributed by atoms with Crippen molar-refractivity contribution in [1.82, 2.24) is 10.2 Å². The average Bonchev–Trinajstić information content (AvgIpc) is 3.49. The Hall–Kier alpha value is -2.43. The molecule has 2 saturated heterocycles. The SMILES string of the molecule is O=C(C1CNCC12CCc1ccc(Br)cc12)N1CCC(c2ccccc2)CC1c1ccccc1. The van der Waals surface area contributed by atoms with Gasteiger partial charge in [0.1, 0.15) is 0 Å². The molecule has 2 fully saturated rings. The molecule has 2 heterocycles. The van der Waals surface area contributed by atoms with Crippen molar-refractivity contribution in [3.8, 4) is 0 Å². The van der Waals surface area contributed by atoms with Gasteiger partial charge in [0, 0.05) is 29.5 Å². The highest BCUT2D eigenvalue weighted by atomic mass is 79.9. The number of piperidine rings is 1. The third-order valence-corrected chi connectivity index (χ3v) is 9.04. The number of benzene rings is 3. The minimum absolute atomic E-state index is 0.0115. The first-order valence-electron chi connectivity index (χ1n) is 12.6. The first-order chi connectivity index (χ1) is 16.7. The number of carbonyl (C=O) groups excluding carboxylic acids is 1. The lowest BCUT2D eigenvalue weighted by Crippen LogP contribution is -2.49. The lowest BCUT2D eigenvalue weighted by atomic mass is 9.72. The molecule has 174 valence electrons. The van der Waals surface area contributed by atoms with Crippen LogP contribution in [-0.2, 0) is 16.6 Å². The molecule has 34 heavy (non-hydrogen) atoms. The van der Waals surface area contributed by atoms with E-state index in [0.29, 0.717) is 11.8 Å². The maximum atomic E-state index is 14.4. The molecule has 1 amide bonds. The monoisotopic (exact) mass is 514 g/mol. The number of fused-ring (bicyclic) bond motifs is 2. The van der Waals surface area contributed by atoms with Crippen molar-refractivity contribution in [2.24, 2.45) is 5.92 Å². The van der Waals surface area contributed by atoms with Crippen LogP contribution < -0.4 is 5.32 Å². The van der Waals surface area contributed by atoms with Crippen LogP contribution in [0.25, 0.3) is 0 Å². The summed E-state index contributed by atoms with van der Waals surface area (Å²) in [5.41, 5.74) is 5.34. The van der Waals surface area contributed by atoms with Gasteiger partial charge in [-0.05, 0) is 66.0 Å². The van der Waals surface area contributed by atoms with E-state index in [4.69, 9.17) is 0 Å². The zero-order valence-corrected chi connectivity index (χ0v) is 21.0. The Morgan fingerprint density at radius 1 is 0.971 bits per heavy atom. The van der Waals surface area contributed by atoms with Crippen LogP contribution in [0.4, 0.5) is 0 Å². The average molecular weight is 515 g/mol. The molecule has 4 atom stereocenters. The molecule has 0 aromatic heterocycles. The van der Waals surface area contributed by atoms with E-state index in [1.165, 1.54) is 22.3 Å². The summed E-state index contributed by atoms with van der Waals surface area (Å²) in [6.45, 7) is 2.48. The Morgan fingerprint density at radius 3 is 2.47 bits per heavy atom. The van der Waals surface area contributed by atoms with Gasteiger partial charge in [-0.25, -0.2) is 0 Å². The smallest absolute Gasteiger partial charge is 0.228 e. The Morgan fingerprint density at radius 2 is 1.71 bits per heavy atom. The van der Waals surface area contributed by atoms with E-state index in [9.17, 15) is 4.79 Å². The number of rotatable bonds is 3. The highest BCUT2D eigenvalue weighted by molar-refractivity contribution is 9.10. The molecule has 0 bridgehead atoms. The van der Waals surface area contributed by atoms with Crippen molar-refractivity contribution < 1.29 is 4.79 Å². The highest BCUT2D eigenvalue weighted by Gasteiger charge is 2.53. The van der Waals surface area contributed by atoms with Crippen LogP contribution >= 0.6 is 15.9 Å². The third kappa shape index (κ3) is 3.72. The van der Waals surface area contributed by atoms with E-state index in [2.05, 4.69) is 105 Å². The van der Waals surface area contributed by atoms with Crippen molar-refractivity contribution in [2.45, 2.75) is 43.1 Å². The summed E-state index contributed by atoms with van der Waals surface area (Å²) < 4.78 is 1.11. The van der Waals surface area contributed by atoms with Crippen LogP contribution in [0.5, 0.6) is 0 Å². The Bertz CT molecular complexity index is 1180. The standard InChI is InChI=1S/C30H31BrN2O/c31-25-12-11-22-13-15-30(26(22)18-25)20-32-19-27(30)29(34)33-16-14-24(21-7-3-1-4-8-21)17-28(33)23-9-5-2-6-10-23/h1-12,18,24,27-28,32H,13-17,19-20H2. The van der Waals surface area contributed by atoms with E-state index in [0.717, 1.165) is 49.8 Å². The Balaban J connectivity index is 1.33. The second-order valence-corrected chi connectivity index (χ2v) is 11.1. The van der Waals surface area contributed by atoms with Crippen molar-refractivity contribution >= 4 is 21.8 Å². The molecule has 4 heteroatoms. The van der Waals surface area contributed by atoms with Gasteiger partial charge in [-0.2, -0.15) is 0 Å². The fourth-order valence-electron chi connectivity index (χ4n) is 6.80. The fourth-order valence-corrected chi connectivity index (χ4v) is 7.16. The van der Waals surface area contributed by atoms with Crippen LogP contribution in [0.2, 0.25) is 0 Å². The second-order valence-electron chi connectivity index (χ2n) is 10.2. The summed E-state index contributed by atoms with van der Waals surface area (Å²) in [5.74, 6) is 0.801. The first kappa shape index (κ1) is 22.1. The molecule has 4 unspecified atom stereocenters. The normalized spacial score (nSPS) is 28.3. The minimum Gasteiger partial charge on any atom is -0.335 e. The maximum Gasteiger partial charge on any atom is 0.228 e. The predicted molar refractivity (Wildman–Crippen MR) is 140 cm³/mol. The molecule has 1 spiro atoms. The molecular weight excluding hydrogens is 484 g/mol. The van der Waals surface area contributed by atoms with Gasteiger partial charge in [0.2, 0.25) is 5.91 Å². The maximum absolute atomic E-state index is 14.4. The van der Waals surface area contributed by atoms with Crippen LogP contribution in [0.15, 0.2) is 83.3 Å². The molecule has 0 radical (unpaired) electrons. The van der Waals surface area contributed by atoms with Crippen molar-refractivity contribution in [2.75, 3.05) is 19.6 Å². The minimum atomic E-state index is -0.0896. The summed E-state index contributed by atoms with van der Waals surface area (Å²) in [6, 6.07) is 28.3. The highest BCUT2D eigenvalue weighted by Crippen LogP contribution is 2.49. The first-order valence-corrected chi connectivity index (χ1v) is 13.3. The number of hydrogen-bond acceptors (Lipinski definition) is 2. The summed E-state index contributed by atoms with van der Waals surface area (Å²) in [4.78, 5) is 16.6. The molecule has 3 aliphatic rings. The third-order valence-electron chi connectivity index (χ3n) is 8.54. The van der Waals surface area contributed by atoms with Crippen molar-refractivity contribution in [1.29, 1.82) is 0 Å². The number of aryl methyl sites for hydroxylation is 1. The Kier molecular flexibility index (Phi) is 5.82. The van der Waals surface area contributed by atoms with E-state index in [1.54, 1.807) is 0 Å². The van der Waals surface area contributed by atoms with E-state index in [-0.39, 0.29) is 17.4 Å².